The molecule has 1 aromatic carbocycles. The molecule has 4 N–H and O–H groups in total. The predicted molar refractivity (Wildman–Crippen MR) is 81.2 cm³/mol. The van der Waals surface area contributed by atoms with Crippen molar-refractivity contribution in [1.82, 2.24) is 4.72 Å². The van der Waals surface area contributed by atoms with E-state index >= 15 is 0 Å². The van der Waals surface area contributed by atoms with Crippen LogP contribution in [0, 0.1) is 0 Å². The van der Waals surface area contributed by atoms with Gasteiger partial charge in [0.2, 0.25) is 10.0 Å². The molecule has 0 aromatic heterocycles. The molecule has 0 unspecified atom stereocenters. The molecule has 0 bridgehead atoms. The number of nitrogens with two attached hydrogens (primary N) is 1. The minimum absolute atomic E-state index is 0.110. The molecule has 0 heterocycles. The van der Waals surface area contributed by atoms with Crippen LogP contribution in [0.25, 0.3) is 0 Å². The summed E-state index contributed by atoms with van der Waals surface area (Å²) < 4.78 is 26.7. The van der Waals surface area contributed by atoms with Gasteiger partial charge in [-0.3, -0.25) is 0 Å². The summed E-state index contributed by atoms with van der Waals surface area (Å²) in [6, 6.07) is 6.97. The third-order valence-corrected chi connectivity index (χ3v) is 4.85. The quantitative estimate of drug-likeness (QED) is 0.715. The summed E-state index contributed by atoms with van der Waals surface area (Å²) in [5.74, 6) is 0. The summed E-state index contributed by atoms with van der Waals surface area (Å²) in [6.07, 6.45) is 2.72. The van der Waals surface area contributed by atoms with Crippen LogP contribution in [0.15, 0.2) is 29.2 Å². The van der Waals surface area contributed by atoms with E-state index in [2.05, 4.69) is 23.9 Å². The van der Waals surface area contributed by atoms with Crippen molar-refractivity contribution in [1.29, 1.82) is 0 Å². The maximum absolute atomic E-state index is 12.0. The predicted octanol–water partition coefficient (Wildman–Crippen LogP) is 1.67. The second-order valence-corrected chi connectivity index (χ2v) is 7.68. The number of rotatable bonds is 7. The van der Waals surface area contributed by atoms with Crippen LogP contribution in [-0.4, -0.2) is 26.5 Å². The molecule has 1 aliphatic carbocycles. The van der Waals surface area contributed by atoms with Crippen molar-refractivity contribution in [2.24, 2.45) is 5.73 Å². The lowest BCUT2D eigenvalue weighted by Crippen LogP contribution is -2.33. The molecule has 112 valence electrons. The Morgan fingerprint density at radius 3 is 2.35 bits per heavy atom. The first-order valence-electron chi connectivity index (χ1n) is 6.93. The standard InChI is InChI=1S/C14H23N3O2S/c1-14(2,9-10-15)16-11-5-7-13(8-6-11)20(18,19)17-12-3-4-12/h5-8,12,16-17H,3-4,9-10,15H2,1-2H3. The third kappa shape index (κ3) is 4.19. The van der Waals surface area contributed by atoms with Crippen molar-refractivity contribution >= 4 is 15.7 Å². The minimum Gasteiger partial charge on any atom is -0.380 e. The van der Waals surface area contributed by atoms with Gasteiger partial charge in [-0.15, -0.1) is 0 Å². The van der Waals surface area contributed by atoms with Gasteiger partial charge in [0, 0.05) is 17.3 Å². The zero-order chi connectivity index (χ0) is 14.8. The first-order chi connectivity index (χ1) is 9.32. The summed E-state index contributed by atoms with van der Waals surface area (Å²) >= 11 is 0. The van der Waals surface area contributed by atoms with Crippen LogP contribution in [0.3, 0.4) is 0 Å². The molecule has 0 spiro atoms. The lowest BCUT2D eigenvalue weighted by atomic mass is 10.0. The highest BCUT2D eigenvalue weighted by molar-refractivity contribution is 7.89. The summed E-state index contributed by atoms with van der Waals surface area (Å²) in [7, 11) is -3.37. The molecule has 1 saturated carbocycles. The van der Waals surface area contributed by atoms with Crippen molar-refractivity contribution in [3.05, 3.63) is 24.3 Å². The number of hydrogen-bond donors (Lipinski definition) is 3. The normalized spacial score (nSPS) is 16.1. The van der Waals surface area contributed by atoms with Gasteiger partial charge < -0.3 is 11.1 Å². The van der Waals surface area contributed by atoms with E-state index in [-0.39, 0.29) is 11.6 Å². The fourth-order valence-corrected chi connectivity index (χ4v) is 3.33. The van der Waals surface area contributed by atoms with Crippen LogP contribution in [0.5, 0.6) is 0 Å². The van der Waals surface area contributed by atoms with Crippen molar-refractivity contribution in [2.75, 3.05) is 11.9 Å². The zero-order valence-corrected chi connectivity index (χ0v) is 12.8. The molecule has 20 heavy (non-hydrogen) atoms. The van der Waals surface area contributed by atoms with Gasteiger partial charge in [0.05, 0.1) is 4.90 Å². The highest BCUT2D eigenvalue weighted by Gasteiger charge is 2.27. The van der Waals surface area contributed by atoms with E-state index in [0.29, 0.717) is 11.4 Å². The second-order valence-electron chi connectivity index (χ2n) is 5.97. The maximum atomic E-state index is 12.0. The Morgan fingerprint density at radius 1 is 1.25 bits per heavy atom. The molecule has 0 amide bonds. The molecule has 0 radical (unpaired) electrons. The zero-order valence-electron chi connectivity index (χ0n) is 12.0. The second kappa shape index (κ2) is 5.71. The Morgan fingerprint density at radius 2 is 1.85 bits per heavy atom. The van der Waals surface area contributed by atoms with Crippen LogP contribution in [0.4, 0.5) is 5.69 Å². The molecular weight excluding hydrogens is 274 g/mol. The Labute approximate surface area is 121 Å². The van der Waals surface area contributed by atoms with Gasteiger partial charge in [-0.05, 0) is 63.9 Å². The fraction of sp³-hybridized carbons (Fsp3) is 0.571. The molecule has 2 rings (SSSR count). The largest absolute Gasteiger partial charge is 0.380 e. The van der Waals surface area contributed by atoms with E-state index in [1.807, 2.05) is 0 Å². The van der Waals surface area contributed by atoms with Gasteiger partial charge in [-0.2, -0.15) is 0 Å². The van der Waals surface area contributed by atoms with E-state index in [1.165, 1.54) is 0 Å². The molecule has 6 heteroatoms. The Balaban J connectivity index is 2.06. The topological polar surface area (TPSA) is 84.2 Å². The monoisotopic (exact) mass is 297 g/mol. The molecule has 0 atom stereocenters. The molecule has 1 aliphatic rings. The first-order valence-corrected chi connectivity index (χ1v) is 8.41. The van der Waals surface area contributed by atoms with E-state index in [9.17, 15) is 8.42 Å². The molecule has 0 saturated heterocycles. The number of anilines is 1. The molecular formula is C14H23N3O2S. The van der Waals surface area contributed by atoms with Gasteiger partial charge >= 0.3 is 0 Å². The van der Waals surface area contributed by atoms with Crippen molar-refractivity contribution in [3.63, 3.8) is 0 Å². The number of hydrogen-bond acceptors (Lipinski definition) is 4. The summed E-state index contributed by atoms with van der Waals surface area (Å²) in [5, 5.41) is 3.36. The van der Waals surface area contributed by atoms with Crippen LogP contribution < -0.4 is 15.8 Å². The third-order valence-electron chi connectivity index (χ3n) is 3.32. The van der Waals surface area contributed by atoms with Gasteiger partial charge in [0.1, 0.15) is 0 Å². The molecule has 1 aromatic rings. The number of sulfonamides is 1. The van der Waals surface area contributed by atoms with E-state index in [4.69, 9.17) is 5.73 Å². The van der Waals surface area contributed by atoms with E-state index < -0.39 is 10.0 Å². The van der Waals surface area contributed by atoms with E-state index in [0.717, 1.165) is 24.9 Å². The summed E-state index contributed by atoms with van der Waals surface area (Å²) in [5.41, 5.74) is 6.36. The van der Waals surface area contributed by atoms with E-state index in [1.54, 1.807) is 24.3 Å². The molecule has 1 fully saturated rings. The number of nitrogens with one attached hydrogen (secondary N) is 2. The lowest BCUT2D eigenvalue weighted by Gasteiger charge is -2.27. The Hall–Kier alpha value is -1.11. The fourth-order valence-electron chi connectivity index (χ4n) is 2.02. The smallest absolute Gasteiger partial charge is 0.240 e. The van der Waals surface area contributed by atoms with Crippen LogP contribution in [0.1, 0.15) is 33.1 Å². The number of benzene rings is 1. The van der Waals surface area contributed by atoms with Crippen LogP contribution in [-0.2, 0) is 10.0 Å². The average Bonchev–Trinajstić information content (AvgIpc) is 3.12. The highest BCUT2D eigenvalue weighted by Crippen LogP contribution is 2.23. The van der Waals surface area contributed by atoms with Crippen LogP contribution >= 0.6 is 0 Å². The van der Waals surface area contributed by atoms with Gasteiger partial charge in [-0.25, -0.2) is 13.1 Å². The first kappa shape index (κ1) is 15.3. The summed E-state index contributed by atoms with van der Waals surface area (Å²) in [6.45, 7) is 4.75. The van der Waals surface area contributed by atoms with Crippen molar-refractivity contribution < 1.29 is 8.42 Å². The molecule has 5 nitrogen and oxygen atoms in total. The Kier molecular flexibility index (Phi) is 4.36. The average molecular weight is 297 g/mol. The SMILES string of the molecule is CC(C)(CCN)Nc1ccc(S(=O)(=O)NC2CC2)cc1. The maximum Gasteiger partial charge on any atom is 0.240 e. The van der Waals surface area contributed by atoms with Gasteiger partial charge in [0.25, 0.3) is 0 Å². The van der Waals surface area contributed by atoms with Gasteiger partial charge in [-0.1, -0.05) is 0 Å². The highest BCUT2D eigenvalue weighted by atomic mass is 32.2. The van der Waals surface area contributed by atoms with Gasteiger partial charge in [0.15, 0.2) is 0 Å². The lowest BCUT2D eigenvalue weighted by molar-refractivity contribution is 0.526. The molecule has 0 aliphatic heterocycles. The van der Waals surface area contributed by atoms with Crippen LogP contribution in [0.2, 0.25) is 0 Å². The summed E-state index contributed by atoms with van der Waals surface area (Å²) in [4.78, 5) is 0.312. The van der Waals surface area contributed by atoms with Crippen molar-refractivity contribution in [3.8, 4) is 0 Å². The minimum atomic E-state index is -3.37. The Bertz CT molecular complexity index is 548. The van der Waals surface area contributed by atoms with Crippen molar-refractivity contribution in [2.45, 2.75) is 49.6 Å².